The second kappa shape index (κ2) is 3.38. The van der Waals surface area contributed by atoms with E-state index in [1.54, 1.807) is 31.4 Å². The van der Waals surface area contributed by atoms with Crippen molar-refractivity contribution in [2.24, 2.45) is 0 Å². The average molecular weight is 252 g/mol. The van der Waals surface area contributed by atoms with Crippen molar-refractivity contribution in [2.45, 2.75) is 33.9 Å². The summed E-state index contributed by atoms with van der Waals surface area (Å²) in [6, 6.07) is 0. The number of thioether (sulfide) groups is 3. The molecule has 0 fully saturated rings. The zero-order valence-corrected chi connectivity index (χ0v) is 10.9. The molecule has 0 aromatic heterocycles. The highest BCUT2D eigenvalue weighted by Gasteiger charge is 2.31. The van der Waals surface area contributed by atoms with E-state index in [-0.39, 0.29) is 0 Å². The molecule has 0 spiro atoms. The molecule has 3 heterocycles. The Balaban J connectivity index is 2.08. The molecule has 0 unspecified atom stereocenters. The SMILES string of the molecule is C1Cc2c(c3c(c4c2SCC4)SCC3)S1. The first-order valence-corrected chi connectivity index (χ1v) is 8.50. The predicted octanol–water partition coefficient (Wildman–Crippen LogP) is 3.63. The number of fused-ring (bicyclic) bond motifs is 6. The Morgan fingerprint density at radius 2 is 0.867 bits per heavy atom. The van der Waals surface area contributed by atoms with Crippen molar-refractivity contribution in [3.8, 4) is 0 Å². The first-order chi connectivity index (χ1) is 7.45. The fraction of sp³-hybridized carbons (Fsp3) is 0.500. The van der Waals surface area contributed by atoms with Crippen LogP contribution in [0.4, 0.5) is 0 Å². The molecule has 78 valence electrons. The summed E-state index contributed by atoms with van der Waals surface area (Å²) in [5.41, 5.74) is 5.16. The Morgan fingerprint density at radius 1 is 0.533 bits per heavy atom. The summed E-state index contributed by atoms with van der Waals surface area (Å²) in [4.78, 5) is 5.05. The fourth-order valence-electron chi connectivity index (χ4n) is 2.83. The molecule has 4 rings (SSSR count). The third-order valence-electron chi connectivity index (χ3n) is 3.44. The first-order valence-electron chi connectivity index (χ1n) is 5.54. The Hall–Kier alpha value is 0.270. The van der Waals surface area contributed by atoms with E-state index in [0.29, 0.717) is 0 Å². The minimum absolute atomic E-state index is 1.32. The monoisotopic (exact) mass is 252 g/mol. The Morgan fingerprint density at radius 3 is 1.20 bits per heavy atom. The molecule has 0 saturated carbocycles. The minimum atomic E-state index is 1.32. The Kier molecular flexibility index (Phi) is 2.10. The van der Waals surface area contributed by atoms with Gasteiger partial charge in [0.1, 0.15) is 0 Å². The molecule has 0 nitrogen and oxygen atoms in total. The summed E-state index contributed by atoms with van der Waals surface area (Å²) in [5.74, 6) is 3.97. The summed E-state index contributed by atoms with van der Waals surface area (Å²) in [7, 11) is 0. The number of rotatable bonds is 0. The molecule has 15 heavy (non-hydrogen) atoms. The van der Waals surface area contributed by atoms with E-state index in [2.05, 4.69) is 35.3 Å². The van der Waals surface area contributed by atoms with Gasteiger partial charge in [-0.05, 0) is 36.0 Å². The summed E-state index contributed by atoms with van der Waals surface area (Å²) in [5, 5.41) is 0. The van der Waals surface area contributed by atoms with Gasteiger partial charge in [0.15, 0.2) is 0 Å². The van der Waals surface area contributed by atoms with Gasteiger partial charge < -0.3 is 0 Å². The lowest BCUT2D eigenvalue weighted by molar-refractivity contribution is 0.941. The highest BCUT2D eigenvalue weighted by atomic mass is 32.2. The van der Waals surface area contributed by atoms with Crippen LogP contribution in [-0.4, -0.2) is 17.3 Å². The average Bonchev–Trinajstić information content (AvgIpc) is 2.97. The van der Waals surface area contributed by atoms with Crippen LogP contribution in [0.15, 0.2) is 14.7 Å². The van der Waals surface area contributed by atoms with Crippen LogP contribution in [0.2, 0.25) is 0 Å². The van der Waals surface area contributed by atoms with Crippen LogP contribution in [0.1, 0.15) is 16.7 Å². The van der Waals surface area contributed by atoms with Crippen molar-refractivity contribution in [1.29, 1.82) is 0 Å². The van der Waals surface area contributed by atoms with Crippen LogP contribution in [0, 0.1) is 0 Å². The smallest absolute Gasteiger partial charge is 0.0159 e. The molecule has 0 radical (unpaired) electrons. The van der Waals surface area contributed by atoms with Gasteiger partial charge in [0, 0.05) is 31.9 Å². The largest absolute Gasteiger partial charge is 0.125 e. The van der Waals surface area contributed by atoms with E-state index >= 15 is 0 Å². The van der Waals surface area contributed by atoms with Crippen molar-refractivity contribution >= 4 is 35.3 Å². The standard InChI is InChI=1S/C12H12S3/c1-4-13-10-7(1)11-9(2-5-14-11)12-8(10)3-6-15-12/h1-6H2. The maximum Gasteiger partial charge on any atom is 0.0159 e. The summed E-state index contributed by atoms with van der Waals surface area (Å²) < 4.78 is 0. The maximum absolute atomic E-state index is 2.11. The van der Waals surface area contributed by atoms with Crippen molar-refractivity contribution in [1.82, 2.24) is 0 Å². The normalized spacial score (nSPS) is 21.6. The number of benzene rings is 1. The molecule has 0 saturated heterocycles. The maximum atomic E-state index is 2.11. The van der Waals surface area contributed by atoms with Gasteiger partial charge in [-0.15, -0.1) is 35.3 Å². The molecule has 0 aliphatic carbocycles. The molecular formula is C12H12S3. The molecule has 1 aromatic carbocycles. The molecule has 0 bridgehead atoms. The second-order valence-electron chi connectivity index (χ2n) is 4.22. The van der Waals surface area contributed by atoms with Gasteiger partial charge in [-0.1, -0.05) is 0 Å². The lowest BCUT2D eigenvalue weighted by atomic mass is 10.0. The summed E-state index contributed by atoms with van der Waals surface area (Å²) in [6.07, 6.45) is 3.98. The van der Waals surface area contributed by atoms with Crippen LogP contribution in [0.25, 0.3) is 0 Å². The quantitative estimate of drug-likeness (QED) is 0.692. The van der Waals surface area contributed by atoms with Gasteiger partial charge in [-0.3, -0.25) is 0 Å². The third kappa shape index (κ3) is 1.20. The van der Waals surface area contributed by atoms with Crippen LogP contribution in [0.3, 0.4) is 0 Å². The van der Waals surface area contributed by atoms with Crippen LogP contribution < -0.4 is 0 Å². The van der Waals surface area contributed by atoms with E-state index in [9.17, 15) is 0 Å². The molecule has 1 aromatic rings. The zero-order valence-electron chi connectivity index (χ0n) is 8.47. The van der Waals surface area contributed by atoms with Crippen LogP contribution in [0.5, 0.6) is 0 Å². The molecule has 0 amide bonds. The number of hydrogen-bond acceptors (Lipinski definition) is 3. The van der Waals surface area contributed by atoms with Crippen molar-refractivity contribution in [2.75, 3.05) is 17.3 Å². The highest BCUT2D eigenvalue weighted by Crippen LogP contribution is 2.52. The summed E-state index contributed by atoms with van der Waals surface area (Å²) in [6.45, 7) is 0. The first kappa shape index (κ1) is 9.32. The Labute approximate surface area is 103 Å². The molecule has 3 aliphatic rings. The van der Waals surface area contributed by atoms with Gasteiger partial charge in [-0.25, -0.2) is 0 Å². The van der Waals surface area contributed by atoms with Gasteiger partial charge in [0.05, 0.1) is 0 Å². The summed E-state index contributed by atoms with van der Waals surface area (Å²) >= 11 is 6.34. The lowest BCUT2D eigenvalue weighted by Gasteiger charge is -2.12. The number of hydrogen-bond donors (Lipinski definition) is 0. The lowest BCUT2D eigenvalue weighted by Crippen LogP contribution is -1.95. The van der Waals surface area contributed by atoms with Crippen LogP contribution >= 0.6 is 35.3 Å². The van der Waals surface area contributed by atoms with Gasteiger partial charge in [-0.2, -0.15) is 0 Å². The predicted molar refractivity (Wildman–Crippen MR) is 69.7 cm³/mol. The van der Waals surface area contributed by atoms with E-state index in [1.807, 2.05) is 0 Å². The van der Waals surface area contributed by atoms with E-state index in [1.165, 1.54) is 36.5 Å². The zero-order chi connectivity index (χ0) is 9.83. The van der Waals surface area contributed by atoms with Crippen molar-refractivity contribution < 1.29 is 0 Å². The second-order valence-corrected chi connectivity index (χ2v) is 7.53. The molecular weight excluding hydrogens is 240 g/mol. The molecule has 3 aliphatic heterocycles. The van der Waals surface area contributed by atoms with Crippen molar-refractivity contribution in [3.05, 3.63) is 16.7 Å². The molecule has 0 atom stereocenters. The molecule has 0 N–H and O–H groups in total. The van der Waals surface area contributed by atoms with Gasteiger partial charge in [0.2, 0.25) is 0 Å². The highest BCUT2D eigenvalue weighted by molar-refractivity contribution is 8.01. The van der Waals surface area contributed by atoms with Crippen LogP contribution in [-0.2, 0) is 19.3 Å². The Bertz CT molecular complexity index is 325. The fourth-order valence-corrected chi connectivity index (χ4v) is 6.82. The van der Waals surface area contributed by atoms with Gasteiger partial charge in [0.25, 0.3) is 0 Å². The third-order valence-corrected chi connectivity index (χ3v) is 7.01. The topological polar surface area (TPSA) is 0 Å². The van der Waals surface area contributed by atoms with Gasteiger partial charge >= 0.3 is 0 Å². The minimum Gasteiger partial charge on any atom is -0.125 e. The molecule has 3 heteroatoms. The van der Waals surface area contributed by atoms with E-state index in [4.69, 9.17) is 0 Å². The van der Waals surface area contributed by atoms with E-state index < -0.39 is 0 Å². The van der Waals surface area contributed by atoms with Crippen molar-refractivity contribution in [3.63, 3.8) is 0 Å². The van der Waals surface area contributed by atoms with E-state index in [0.717, 1.165) is 0 Å².